The van der Waals surface area contributed by atoms with Crippen LogP contribution in [-0.4, -0.2) is 8.42 Å². The zero-order valence-electron chi connectivity index (χ0n) is 8.91. The maximum Gasteiger partial charge on any atom is 0.271 e. The van der Waals surface area contributed by atoms with E-state index in [9.17, 15) is 8.42 Å². The van der Waals surface area contributed by atoms with Crippen molar-refractivity contribution in [3.8, 4) is 0 Å². The Morgan fingerprint density at radius 2 is 1.71 bits per heavy atom. The number of primary sulfonamides is 1. The fraction of sp³-hybridized carbons (Fsp3) is 0. The summed E-state index contributed by atoms with van der Waals surface area (Å²) in [6.07, 6.45) is 3.51. The third-order valence-corrected chi connectivity index (χ3v) is 2.90. The highest BCUT2D eigenvalue weighted by Gasteiger charge is 2.11. The molecule has 0 spiro atoms. The third-order valence-electron chi connectivity index (χ3n) is 2.12. The molecule has 0 aliphatic heterocycles. The molecule has 0 fully saturated rings. The minimum atomic E-state index is -3.77. The van der Waals surface area contributed by atoms with Crippen molar-refractivity contribution in [3.05, 3.63) is 53.8 Å². The molecule has 0 radical (unpaired) electrons. The van der Waals surface area contributed by atoms with Gasteiger partial charge >= 0.3 is 0 Å². The van der Waals surface area contributed by atoms with Crippen LogP contribution in [-0.2, 0) is 10.0 Å². The lowest BCUT2D eigenvalue weighted by molar-refractivity contribution is 0.444. The van der Waals surface area contributed by atoms with Gasteiger partial charge in [-0.1, -0.05) is 36.4 Å². The molecule has 1 heterocycles. The second kappa shape index (κ2) is 4.57. The Kier molecular flexibility index (Phi) is 3.12. The molecular weight excluding hydrogens is 238 g/mol. The summed E-state index contributed by atoms with van der Waals surface area (Å²) in [5.74, 6) is 0.442. The molecule has 0 aliphatic rings. The number of rotatable bonds is 3. The first-order chi connectivity index (χ1) is 8.05. The van der Waals surface area contributed by atoms with Gasteiger partial charge in [-0.2, -0.15) is 0 Å². The first kappa shape index (κ1) is 11.6. The van der Waals surface area contributed by atoms with Gasteiger partial charge in [-0.25, -0.2) is 13.6 Å². The van der Waals surface area contributed by atoms with E-state index >= 15 is 0 Å². The number of benzene rings is 1. The summed E-state index contributed by atoms with van der Waals surface area (Å²) < 4.78 is 27.0. The molecule has 2 aromatic rings. The van der Waals surface area contributed by atoms with Crippen LogP contribution in [0.2, 0.25) is 0 Å². The molecule has 0 atom stereocenters. The SMILES string of the molecule is NS(=O)(=O)c1ccc(C=Cc2ccccc2)o1. The summed E-state index contributed by atoms with van der Waals surface area (Å²) in [4.78, 5) is 0. The highest BCUT2D eigenvalue weighted by molar-refractivity contribution is 7.89. The van der Waals surface area contributed by atoms with E-state index in [0.717, 1.165) is 5.56 Å². The summed E-state index contributed by atoms with van der Waals surface area (Å²) in [6.45, 7) is 0. The van der Waals surface area contributed by atoms with Crippen molar-refractivity contribution < 1.29 is 12.8 Å². The summed E-state index contributed by atoms with van der Waals surface area (Å²) in [5.41, 5.74) is 1.00. The molecule has 1 aromatic carbocycles. The van der Waals surface area contributed by atoms with Crippen molar-refractivity contribution in [2.75, 3.05) is 0 Å². The smallest absolute Gasteiger partial charge is 0.271 e. The maximum atomic E-state index is 11.0. The van der Waals surface area contributed by atoms with Gasteiger partial charge in [-0.3, -0.25) is 0 Å². The van der Waals surface area contributed by atoms with Crippen molar-refractivity contribution in [3.63, 3.8) is 0 Å². The van der Waals surface area contributed by atoms with E-state index in [0.29, 0.717) is 5.76 Å². The molecular formula is C12H11NO3S. The van der Waals surface area contributed by atoms with Crippen molar-refractivity contribution in [1.29, 1.82) is 0 Å². The first-order valence-electron chi connectivity index (χ1n) is 4.91. The predicted molar refractivity (Wildman–Crippen MR) is 65.5 cm³/mol. The quantitative estimate of drug-likeness (QED) is 0.905. The average Bonchev–Trinajstić information content (AvgIpc) is 2.76. The number of hydrogen-bond acceptors (Lipinski definition) is 3. The Morgan fingerprint density at radius 3 is 2.29 bits per heavy atom. The van der Waals surface area contributed by atoms with Crippen LogP contribution >= 0.6 is 0 Å². The van der Waals surface area contributed by atoms with E-state index in [1.54, 1.807) is 12.1 Å². The van der Waals surface area contributed by atoms with E-state index in [1.807, 2.05) is 36.4 Å². The van der Waals surface area contributed by atoms with Gasteiger partial charge in [0.1, 0.15) is 5.76 Å². The van der Waals surface area contributed by atoms with Gasteiger partial charge in [-0.15, -0.1) is 0 Å². The molecule has 0 amide bonds. The van der Waals surface area contributed by atoms with E-state index in [1.165, 1.54) is 6.07 Å². The van der Waals surface area contributed by atoms with Gasteiger partial charge in [0.25, 0.3) is 10.0 Å². The van der Waals surface area contributed by atoms with E-state index in [-0.39, 0.29) is 5.09 Å². The Hall–Kier alpha value is -1.85. The van der Waals surface area contributed by atoms with E-state index in [2.05, 4.69) is 0 Å². The van der Waals surface area contributed by atoms with E-state index in [4.69, 9.17) is 9.56 Å². The number of furan rings is 1. The maximum absolute atomic E-state index is 11.0. The van der Waals surface area contributed by atoms with Crippen LogP contribution < -0.4 is 5.14 Å². The minimum Gasteiger partial charge on any atom is -0.444 e. The fourth-order valence-corrected chi connectivity index (χ4v) is 1.79. The van der Waals surface area contributed by atoms with Crippen LogP contribution in [0.4, 0.5) is 0 Å². The summed E-state index contributed by atoms with van der Waals surface area (Å²) in [5, 5.41) is 4.70. The van der Waals surface area contributed by atoms with Crippen molar-refractivity contribution in [1.82, 2.24) is 0 Å². The molecule has 5 heteroatoms. The average molecular weight is 249 g/mol. The molecule has 0 bridgehead atoms. The summed E-state index contributed by atoms with van der Waals surface area (Å²) >= 11 is 0. The fourth-order valence-electron chi connectivity index (χ4n) is 1.32. The summed E-state index contributed by atoms with van der Waals surface area (Å²) in [6, 6.07) is 12.5. The van der Waals surface area contributed by atoms with Gasteiger partial charge in [0.05, 0.1) is 0 Å². The number of sulfonamides is 1. The monoisotopic (exact) mass is 249 g/mol. The number of nitrogens with two attached hydrogens (primary N) is 1. The van der Waals surface area contributed by atoms with Gasteiger partial charge in [0, 0.05) is 0 Å². The van der Waals surface area contributed by atoms with Crippen LogP contribution in [0.1, 0.15) is 11.3 Å². The van der Waals surface area contributed by atoms with Crippen molar-refractivity contribution in [2.45, 2.75) is 5.09 Å². The normalized spacial score (nSPS) is 12.1. The highest BCUT2D eigenvalue weighted by atomic mass is 32.2. The Labute approximate surface area is 99.4 Å². The second-order valence-electron chi connectivity index (χ2n) is 3.45. The lowest BCUT2D eigenvalue weighted by Gasteiger charge is -1.91. The summed E-state index contributed by atoms with van der Waals surface area (Å²) in [7, 11) is -3.77. The van der Waals surface area contributed by atoms with Gasteiger partial charge in [0.2, 0.25) is 5.09 Å². The molecule has 1 aromatic heterocycles. The van der Waals surface area contributed by atoms with Crippen LogP contribution in [0.5, 0.6) is 0 Å². The standard InChI is InChI=1S/C12H11NO3S/c13-17(14,15)12-9-8-11(16-12)7-6-10-4-2-1-3-5-10/h1-9H,(H2,13,14,15). The molecule has 0 aliphatic carbocycles. The van der Waals surface area contributed by atoms with Gasteiger partial charge in [0.15, 0.2) is 0 Å². The number of hydrogen-bond donors (Lipinski definition) is 1. The molecule has 0 unspecified atom stereocenters. The largest absolute Gasteiger partial charge is 0.444 e. The molecule has 88 valence electrons. The van der Waals surface area contributed by atoms with Gasteiger partial charge < -0.3 is 4.42 Å². The zero-order chi connectivity index (χ0) is 12.3. The Balaban J connectivity index is 2.21. The lowest BCUT2D eigenvalue weighted by Crippen LogP contribution is -2.10. The molecule has 0 saturated heterocycles. The van der Waals surface area contributed by atoms with Gasteiger partial charge in [-0.05, 0) is 23.8 Å². The van der Waals surface area contributed by atoms with Crippen LogP contribution in [0.15, 0.2) is 52.0 Å². The Morgan fingerprint density at radius 1 is 1.00 bits per heavy atom. The lowest BCUT2D eigenvalue weighted by atomic mass is 10.2. The molecule has 2 rings (SSSR count). The molecule has 4 nitrogen and oxygen atoms in total. The molecule has 0 saturated carbocycles. The topological polar surface area (TPSA) is 73.3 Å². The third kappa shape index (κ3) is 3.05. The predicted octanol–water partition coefficient (Wildman–Crippen LogP) is 2.10. The van der Waals surface area contributed by atoms with Crippen molar-refractivity contribution in [2.24, 2.45) is 5.14 Å². The minimum absolute atomic E-state index is 0.231. The second-order valence-corrected chi connectivity index (χ2v) is 4.94. The first-order valence-corrected chi connectivity index (χ1v) is 6.46. The Bertz CT molecular complexity index is 627. The van der Waals surface area contributed by atoms with Crippen LogP contribution in [0, 0.1) is 0 Å². The zero-order valence-corrected chi connectivity index (χ0v) is 9.72. The molecule has 2 N–H and O–H groups in total. The highest BCUT2D eigenvalue weighted by Crippen LogP contribution is 2.14. The van der Waals surface area contributed by atoms with E-state index < -0.39 is 10.0 Å². The van der Waals surface area contributed by atoms with Crippen LogP contribution in [0.25, 0.3) is 12.2 Å². The molecule has 17 heavy (non-hydrogen) atoms. The van der Waals surface area contributed by atoms with Crippen molar-refractivity contribution >= 4 is 22.2 Å². The van der Waals surface area contributed by atoms with Crippen LogP contribution in [0.3, 0.4) is 0 Å².